The Bertz CT molecular complexity index is 557. The molecule has 4 nitrogen and oxygen atoms in total. The maximum Gasteiger partial charge on any atom is 0.160 e. The van der Waals surface area contributed by atoms with Gasteiger partial charge in [0.15, 0.2) is 11.5 Å². The molecule has 0 radical (unpaired) electrons. The summed E-state index contributed by atoms with van der Waals surface area (Å²) < 4.78 is 5.09. The number of aliphatic hydroxyl groups is 1. The first kappa shape index (κ1) is 15.4. The van der Waals surface area contributed by atoms with E-state index in [1.54, 1.807) is 12.1 Å². The minimum absolute atomic E-state index is 0.00722. The van der Waals surface area contributed by atoms with Crippen molar-refractivity contribution in [2.24, 2.45) is 0 Å². The van der Waals surface area contributed by atoms with Crippen LogP contribution in [0.3, 0.4) is 0 Å². The van der Waals surface area contributed by atoms with Crippen molar-refractivity contribution in [2.75, 3.05) is 13.7 Å². The molecule has 21 heavy (non-hydrogen) atoms. The highest BCUT2D eigenvalue weighted by atomic mass is 16.5. The van der Waals surface area contributed by atoms with Gasteiger partial charge in [0, 0.05) is 12.6 Å². The van der Waals surface area contributed by atoms with Crippen molar-refractivity contribution in [1.29, 1.82) is 0 Å². The Morgan fingerprint density at radius 2 is 1.86 bits per heavy atom. The molecule has 0 aliphatic heterocycles. The maximum atomic E-state index is 9.57. The number of ether oxygens (including phenoxy) is 1. The van der Waals surface area contributed by atoms with Crippen LogP contribution in [0.25, 0.3) is 0 Å². The van der Waals surface area contributed by atoms with Gasteiger partial charge in [0.2, 0.25) is 0 Å². The lowest BCUT2D eigenvalue weighted by atomic mass is 10.1. The zero-order chi connectivity index (χ0) is 15.1. The lowest BCUT2D eigenvalue weighted by Gasteiger charge is -2.17. The molecule has 2 aromatic carbocycles. The van der Waals surface area contributed by atoms with Gasteiger partial charge in [-0.3, -0.25) is 0 Å². The highest BCUT2D eigenvalue weighted by molar-refractivity contribution is 5.41. The molecule has 0 saturated carbocycles. The first-order valence-electron chi connectivity index (χ1n) is 6.97. The van der Waals surface area contributed by atoms with E-state index < -0.39 is 0 Å². The van der Waals surface area contributed by atoms with Crippen LogP contribution >= 0.6 is 0 Å². The maximum absolute atomic E-state index is 9.57. The average molecular weight is 287 g/mol. The number of methoxy groups -OCH3 is 1. The van der Waals surface area contributed by atoms with Crippen molar-refractivity contribution in [2.45, 2.75) is 19.0 Å². The minimum atomic E-state index is -0.00722. The Balaban J connectivity index is 1.94. The van der Waals surface area contributed by atoms with Crippen LogP contribution in [-0.2, 0) is 13.0 Å². The second kappa shape index (κ2) is 7.67. The van der Waals surface area contributed by atoms with Gasteiger partial charge in [0.25, 0.3) is 0 Å². The molecular weight excluding hydrogens is 266 g/mol. The number of rotatable bonds is 7. The van der Waals surface area contributed by atoms with Crippen LogP contribution in [0.4, 0.5) is 0 Å². The van der Waals surface area contributed by atoms with E-state index in [9.17, 15) is 10.2 Å². The number of phenolic OH excluding ortho intramolecular Hbond substituents is 1. The second-order valence-electron chi connectivity index (χ2n) is 4.96. The van der Waals surface area contributed by atoms with E-state index >= 15 is 0 Å². The Morgan fingerprint density at radius 3 is 2.52 bits per heavy atom. The smallest absolute Gasteiger partial charge is 0.160 e. The predicted molar refractivity (Wildman–Crippen MR) is 82.5 cm³/mol. The fourth-order valence-electron chi connectivity index (χ4n) is 2.19. The van der Waals surface area contributed by atoms with E-state index in [2.05, 4.69) is 5.32 Å². The van der Waals surface area contributed by atoms with Gasteiger partial charge in [-0.2, -0.15) is 0 Å². The molecule has 0 saturated heterocycles. The average Bonchev–Trinajstić information content (AvgIpc) is 2.53. The molecule has 0 unspecified atom stereocenters. The summed E-state index contributed by atoms with van der Waals surface area (Å²) in [6.07, 6.45) is 0.770. The van der Waals surface area contributed by atoms with E-state index in [0.29, 0.717) is 12.3 Å². The van der Waals surface area contributed by atoms with Crippen molar-refractivity contribution in [3.8, 4) is 11.5 Å². The van der Waals surface area contributed by atoms with Crippen molar-refractivity contribution in [3.63, 3.8) is 0 Å². The van der Waals surface area contributed by atoms with Gasteiger partial charge in [-0.25, -0.2) is 0 Å². The number of aliphatic hydroxyl groups excluding tert-OH is 1. The highest BCUT2D eigenvalue weighted by Crippen LogP contribution is 2.26. The zero-order valence-corrected chi connectivity index (χ0v) is 12.1. The summed E-state index contributed by atoms with van der Waals surface area (Å²) in [4.78, 5) is 0. The number of aromatic hydroxyl groups is 1. The summed E-state index contributed by atoms with van der Waals surface area (Å²) in [5.41, 5.74) is 2.18. The van der Waals surface area contributed by atoms with Crippen molar-refractivity contribution < 1.29 is 14.9 Å². The van der Waals surface area contributed by atoms with Crippen LogP contribution in [0.2, 0.25) is 0 Å². The molecule has 0 aliphatic carbocycles. The summed E-state index contributed by atoms with van der Waals surface area (Å²) in [7, 11) is 1.53. The summed E-state index contributed by atoms with van der Waals surface area (Å²) >= 11 is 0. The lowest BCUT2D eigenvalue weighted by molar-refractivity contribution is 0.240. The molecule has 0 bridgehead atoms. The lowest BCUT2D eigenvalue weighted by Crippen LogP contribution is -2.34. The third-order valence-corrected chi connectivity index (χ3v) is 3.38. The van der Waals surface area contributed by atoms with Gasteiger partial charge in [-0.1, -0.05) is 36.4 Å². The summed E-state index contributed by atoms with van der Waals surface area (Å²) in [6.45, 7) is 0.679. The highest BCUT2D eigenvalue weighted by Gasteiger charge is 2.09. The zero-order valence-electron chi connectivity index (χ0n) is 12.1. The molecule has 0 spiro atoms. The van der Waals surface area contributed by atoms with E-state index in [1.165, 1.54) is 12.7 Å². The normalized spacial score (nSPS) is 12.1. The van der Waals surface area contributed by atoms with Gasteiger partial charge in [0.05, 0.1) is 13.7 Å². The van der Waals surface area contributed by atoms with Gasteiger partial charge in [0.1, 0.15) is 0 Å². The Morgan fingerprint density at radius 1 is 1.10 bits per heavy atom. The monoisotopic (exact) mass is 287 g/mol. The first-order valence-corrected chi connectivity index (χ1v) is 6.97. The molecule has 3 N–H and O–H groups in total. The quantitative estimate of drug-likeness (QED) is 0.730. The molecule has 112 valence electrons. The minimum Gasteiger partial charge on any atom is -0.504 e. The molecule has 0 amide bonds. The van der Waals surface area contributed by atoms with Gasteiger partial charge < -0.3 is 20.3 Å². The fourth-order valence-corrected chi connectivity index (χ4v) is 2.19. The number of hydrogen-bond acceptors (Lipinski definition) is 4. The van der Waals surface area contributed by atoms with Crippen LogP contribution in [0.15, 0.2) is 48.5 Å². The number of benzene rings is 2. The van der Waals surface area contributed by atoms with E-state index in [0.717, 1.165) is 12.0 Å². The van der Waals surface area contributed by atoms with Crippen LogP contribution in [0.1, 0.15) is 11.1 Å². The van der Waals surface area contributed by atoms with Crippen LogP contribution in [0.5, 0.6) is 11.5 Å². The third kappa shape index (κ3) is 4.48. The van der Waals surface area contributed by atoms with Crippen LogP contribution in [0, 0.1) is 0 Å². The van der Waals surface area contributed by atoms with Gasteiger partial charge in [-0.05, 0) is 29.7 Å². The fraction of sp³-hybridized carbons (Fsp3) is 0.294. The molecule has 4 heteroatoms. The topological polar surface area (TPSA) is 61.7 Å². The first-order chi connectivity index (χ1) is 10.2. The summed E-state index contributed by atoms with van der Waals surface area (Å²) in [6, 6.07) is 15.3. The van der Waals surface area contributed by atoms with Gasteiger partial charge in [-0.15, -0.1) is 0 Å². The second-order valence-corrected chi connectivity index (χ2v) is 4.96. The molecule has 0 aromatic heterocycles. The van der Waals surface area contributed by atoms with Crippen molar-refractivity contribution in [1.82, 2.24) is 5.32 Å². The Kier molecular flexibility index (Phi) is 5.60. The number of hydrogen-bond donors (Lipinski definition) is 3. The summed E-state index contributed by atoms with van der Waals surface area (Å²) in [5, 5.41) is 22.4. The largest absolute Gasteiger partial charge is 0.504 e. The molecule has 0 fully saturated rings. The van der Waals surface area contributed by atoms with Crippen molar-refractivity contribution in [3.05, 3.63) is 59.7 Å². The molecule has 2 rings (SSSR count). The standard InChI is InChI=1S/C17H21NO3/c1-21-17-10-14(7-8-16(17)20)11-18-15(12-19)9-13-5-3-2-4-6-13/h2-8,10,15,18-20H,9,11-12H2,1H3/t15-/m1/s1. The molecule has 2 aromatic rings. The van der Waals surface area contributed by atoms with Gasteiger partial charge >= 0.3 is 0 Å². The molecule has 0 aliphatic rings. The Hall–Kier alpha value is -2.04. The van der Waals surface area contributed by atoms with E-state index in [1.807, 2.05) is 36.4 Å². The van der Waals surface area contributed by atoms with E-state index in [4.69, 9.17) is 4.74 Å². The molecular formula is C17H21NO3. The summed E-state index contributed by atoms with van der Waals surface area (Å²) in [5.74, 6) is 0.585. The molecule has 0 heterocycles. The number of phenols is 1. The third-order valence-electron chi connectivity index (χ3n) is 3.38. The van der Waals surface area contributed by atoms with Crippen LogP contribution < -0.4 is 10.1 Å². The Labute approximate surface area is 125 Å². The van der Waals surface area contributed by atoms with E-state index in [-0.39, 0.29) is 18.4 Å². The predicted octanol–water partition coefficient (Wildman–Crippen LogP) is 2.09. The SMILES string of the molecule is COc1cc(CN[C@@H](CO)Cc2ccccc2)ccc1O. The molecule has 1 atom stereocenters. The van der Waals surface area contributed by atoms with Crippen LogP contribution in [-0.4, -0.2) is 30.0 Å². The van der Waals surface area contributed by atoms with Crippen molar-refractivity contribution >= 4 is 0 Å². The number of nitrogens with one attached hydrogen (secondary N) is 1.